The molecule has 0 aliphatic rings. The lowest BCUT2D eigenvalue weighted by molar-refractivity contribution is -0.164. The van der Waals surface area contributed by atoms with Gasteiger partial charge in [0, 0.05) is 18.9 Å². The van der Waals surface area contributed by atoms with Crippen molar-refractivity contribution in [3.05, 3.63) is 24.3 Å². The fourth-order valence-corrected chi connectivity index (χ4v) is 1.45. The Bertz CT molecular complexity index is 416. The van der Waals surface area contributed by atoms with Crippen molar-refractivity contribution >= 4 is 23.7 Å². The topological polar surface area (TPSA) is 88.7 Å². The second-order valence-corrected chi connectivity index (χ2v) is 3.70. The first-order valence-electron chi connectivity index (χ1n) is 6.30. The molecule has 110 valence electrons. The van der Waals surface area contributed by atoms with Gasteiger partial charge in [-0.1, -0.05) is 0 Å². The second-order valence-electron chi connectivity index (χ2n) is 3.70. The van der Waals surface area contributed by atoms with Gasteiger partial charge in [-0.05, 0) is 38.1 Å². The van der Waals surface area contributed by atoms with Crippen molar-refractivity contribution in [2.45, 2.75) is 20.1 Å². The fourth-order valence-electron chi connectivity index (χ4n) is 1.45. The zero-order valence-corrected chi connectivity index (χ0v) is 11.5. The molecule has 0 bridgehead atoms. The summed E-state index contributed by atoms with van der Waals surface area (Å²) in [5, 5.41) is 2.69. The Balaban J connectivity index is 2.57. The highest BCUT2D eigenvalue weighted by atomic mass is 16.7. The van der Waals surface area contributed by atoms with E-state index in [4.69, 9.17) is 9.47 Å². The molecular weight excluding hydrogens is 262 g/mol. The molecule has 0 aliphatic carbocycles. The van der Waals surface area contributed by atoms with Crippen LogP contribution >= 0.6 is 0 Å². The van der Waals surface area contributed by atoms with Crippen LogP contribution in [0.25, 0.3) is 0 Å². The maximum atomic E-state index is 11.9. The van der Waals surface area contributed by atoms with Crippen LogP contribution in [0.5, 0.6) is 0 Å². The van der Waals surface area contributed by atoms with Crippen LogP contribution in [0, 0.1) is 0 Å². The molecule has 0 aromatic heterocycles. The average molecular weight is 281 g/mol. The van der Waals surface area contributed by atoms with Gasteiger partial charge in [0.25, 0.3) is 5.91 Å². The van der Waals surface area contributed by atoms with E-state index in [1.165, 1.54) is 0 Å². The molecular formula is C13H19N3O4. The van der Waals surface area contributed by atoms with E-state index in [1.54, 1.807) is 38.1 Å². The minimum Gasteiger partial charge on any atom is -0.345 e. The summed E-state index contributed by atoms with van der Waals surface area (Å²) in [4.78, 5) is 22.0. The van der Waals surface area contributed by atoms with Crippen molar-refractivity contribution in [3.63, 3.8) is 0 Å². The van der Waals surface area contributed by atoms with Crippen molar-refractivity contribution in [2.24, 2.45) is 0 Å². The van der Waals surface area contributed by atoms with Crippen LogP contribution in [0.3, 0.4) is 0 Å². The summed E-state index contributed by atoms with van der Waals surface area (Å²) in [5.74, 6) is -0.361. The largest absolute Gasteiger partial charge is 0.345 e. The molecule has 0 fully saturated rings. The molecule has 0 heterocycles. The van der Waals surface area contributed by atoms with Gasteiger partial charge in [-0.15, -0.1) is 0 Å². The van der Waals surface area contributed by atoms with Gasteiger partial charge in [-0.3, -0.25) is 20.4 Å². The minimum atomic E-state index is -0.917. The third-order valence-electron chi connectivity index (χ3n) is 2.28. The van der Waals surface area contributed by atoms with Crippen LogP contribution in [-0.4, -0.2) is 31.8 Å². The number of carbonyl (C=O) groups excluding carboxylic acids is 2. The summed E-state index contributed by atoms with van der Waals surface area (Å²) in [5.41, 5.74) is 6.28. The van der Waals surface area contributed by atoms with Crippen LogP contribution in [0.2, 0.25) is 0 Å². The second kappa shape index (κ2) is 8.89. The lowest BCUT2D eigenvalue weighted by atomic mass is 10.3. The summed E-state index contributed by atoms with van der Waals surface area (Å²) in [6.07, 6.45) is -0.385. The summed E-state index contributed by atoms with van der Waals surface area (Å²) in [6, 6.07) is 6.81. The summed E-state index contributed by atoms with van der Waals surface area (Å²) >= 11 is 0. The number of hydrogen-bond acceptors (Lipinski definition) is 5. The van der Waals surface area contributed by atoms with Gasteiger partial charge in [0.2, 0.25) is 12.7 Å². The summed E-state index contributed by atoms with van der Waals surface area (Å²) in [7, 11) is 0. The van der Waals surface area contributed by atoms with E-state index in [1.807, 2.05) is 0 Å². The van der Waals surface area contributed by atoms with Crippen molar-refractivity contribution in [2.75, 3.05) is 24.0 Å². The molecule has 0 atom stereocenters. The van der Waals surface area contributed by atoms with Crippen molar-refractivity contribution in [1.82, 2.24) is 5.43 Å². The zero-order chi connectivity index (χ0) is 14.8. The maximum Gasteiger partial charge on any atom is 0.281 e. The number of hydrogen-bond donors (Lipinski definition) is 3. The van der Waals surface area contributed by atoms with E-state index < -0.39 is 6.29 Å². The van der Waals surface area contributed by atoms with Gasteiger partial charge in [-0.25, -0.2) is 0 Å². The maximum absolute atomic E-state index is 11.9. The predicted octanol–water partition coefficient (Wildman–Crippen LogP) is 1.10. The minimum absolute atomic E-state index is 0.361. The molecule has 0 saturated carbocycles. The van der Waals surface area contributed by atoms with Crippen LogP contribution < -0.4 is 16.2 Å². The highest BCUT2D eigenvalue weighted by Crippen LogP contribution is 2.13. The number of benzene rings is 1. The van der Waals surface area contributed by atoms with Gasteiger partial charge in [0.1, 0.15) is 0 Å². The first kappa shape index (κ1) is 15.9. The highest BCUT2D eigenvalue weighted by molar-refractivity contribution is 5.93. The third-order valence-corrected chi connectivity index (χ3v) is 2.28. The molecule has 0 saturated heterocycles. The molecule has 1 rings (SSSR count). The Kier molecular flexibility index (Phi) is 7.08. The van der Waals surface area contributed by atoms with Gasteiger partial charge in [0.05, 0.1) is 5.69 Å². The zero-order valence-electron chi connectivity index (χ0n) is 11.5. The van der Waals surface area contributed by atoms with Crippen molar-refractivity contribution in [1.29, 1.82) is 0 Å². The van der Waals surface area contributed by atoms with Gasteiger partial charge >= 0.3 is 0 Å². The van der Waals surface area contributed by atoms with Gasteiger partial charge in [0.15, 0.2) is 0 Å². The molecule has 20 heavy (non-hydrogen) atoms. The monoisotopic (exact) mass is 281 g/mol. The number of hydrazine groups is 1. The molecule has 7 nitrogen and oxygen atoms in total. The third kappa shape index (κ3) is 5.25. The molecule has 0 aliphatic heterocycles. The van der Waals surface area contributed by atoms with Gasteiger partial charge in [-0.2, -0.15) is 0 Å². The molecule has 0 radical (unpaired) electrons. The van der Waals surface area contributed by atoms with E-state index in [0.717, 1.165) is 0 Å². The number of nitrogens with one attached hydrogen (secondary N) is 3. The predicted molar refractivity (Wildman–Crippen MR) is 74.9 cm³/mol. The Morgan fingerprint density at radius 3 is 2.20 bits per heavy atom. The van der Waals surface area contributed by atoms with E-state index in [2.05, 4.69) is 16.2 Å². The molecule has 3 N–H and O–H groups in total. The lowest BCUT2D eigenvalue weighted by Crippen LogP contribution is -2.33. The smallest absolute Gasteiger partial charge is 0.281 e. The van der Waals surface area contributed by atoms with Gasteiger partial charge < -0.3 is 14.8 Å². The number of amides is 2. The Labute approximate surface area is 117 Å². The first-order chi connectivity index (χ1) is 9.71. The first-order valence-corrected chi connectivity index (χ1v) is 6.30. The number of anilines is 2. The molecule has 1 aromatic rings. The summed E-state index contributed by atoms with van der Waals surface area (Å²) < 4.78 is 10.4. The fraction of sp³-hybridized carbons (Fsp3) is 0.385. The number of carbonyl (C=O) groups is 2. The van der Waals surface area contributed by atoms with E-state index >= 15 is 0 Å². The van der Waals surface area contributed by atoms with E-state index in [-0.39, 0.29) is 5.91 Å². The lowest BCUT2D eigenvalue weighted by Gasteiger charge is -2.16. The quantitative estimate of drug-likeness (QED) is 0.358. The Morgan fingerprint density at radius 2 is 1.70 bits per heavy atom. The van der Waals surface area contributed by atoms with E-state index in [9.17, 15) is 9.59 Å². The SMILES string of the molecule is CCOC(OCC)C(=O)Nc1ccc(NNC=O)cc1. The normalized spacial score (nSPS) is 10.2. The Hall–Kier alpha value is -2.12. The van der Waals surface area contributed by atoms with Crippen LogP contribution in [0.1, 0.15) is 13.8 Å². The molecule has 1 aromatic carbocycles. The van der Waals surface area contributed by atoms with Crippen molar-refractivity contribution < 1.29 is 19.1 Å². The molecule has 2 amide bonds. The molecule has 0 unspecified atom stereocenters. The molecule has 0 spiro atoms. The van der Waals surface area contributed by atoms with Crippen LogP contribution in [0.15, 0.2) is 24.3 Å². The van der Waals surface area contributed by atoms with E-state index in [0.29, 0.717) is 31.0 Å². The molecule has 7 heteroatoms. The van der Waals surface area contributed by atoms with Crippen LogP contribution in [0.4, 0.5) is 11.4 Å². The Morgan fingerprint density at radius 1 is 1.15 bits per heavy atom. The van der Waals surface area contributed by atoms with Crippen LogP contribution in [-0.2, 0) is 19.1 Å². The van der Waals surface area contributed by atoms with Crippen molar-refractivity contribution in [3.8, 4) is 0 Å². The highest BCUT2D eigenvalue weighted by Gasteiger charge is 2.18. The number of ether oxygens (including phenoxy) is 2. The summed E-state index contributed by atoms with van der Waals surface area (Å²) in [6.45, 7) is 4.36. The standard InChI is InChI=1S/C13H19N3O4/c1-3-19-13(20-4-2)12(18)15-10-5-7-11(8-6-10)16-14-9-17/h5-9,13,16H,3-4H2,1-2H3,(H,14,17)(H,15,18). The number of rotatable bonds is 9. The average Bonchev–Trinajstić information content (AvgIpc) is 2.46.